The summed E-state index contributed by atoms with van der Waals surface area (Å²) in [5, 5.41) is 0. The van der Waals surface area contributed by atoms with Crippen LogP contribution < -0.4 is 4.74 Å². The highest BCUT2D eigenvalue weighted by Crippen LogP contribution is 2.35. The van der Waals surface area contributed by atoms with Crippen LogP contribution in [0.15, 0.2) is 36.4 Å². The minimum absolute atomic E-state index is 0.604. The largest absolute Gasteiger partial charge is 0.496 e. The average molecular weight is 240 g/mol. The summed E-state index contributed by atoms with van der Waals surface area (Å²) in [4.78, 5) is 11.1. The van der Waals surface area contributed by atoms with Gasteiger partial charge in [-0.25, -0.2) is 0 Å². The zero-order valence-corrected chi connectivity index (χ0v) is 10.9. The first-order valence-corrected chi connectivity index (χ1v) is 5.87. The third-order valence-corrected chi connectivity index (χ3v) is 3.14. The van der Waals surface area contributed by atoms with Crippen LogP contribution in [0, 0.1) is 13.8 Å². The van der Waals surface area contributed by atoms with Gasteiger partial charge in [-0.1, -0.05) is 30.3 Å². The fraction of sp³-hybridized carbons (Fsp3) is 0.188. The Morgan fingerprint density at radius 1 is 1.11 bits per heavy atom. The lowest BCUT2D eigenvalue weighted by Crippen LogP contribution is -1.98. The Balaban J connectivity index is 2.73. The van der Waals surface area contributed by atoms with E-state index in [9.17, 15) is 4.79 Å². The lowest BCUT2D eigenvalue weighted by Gasteiger charge is -2.15. The van der Waals surface area contributed by atoms with Gasteiger partial charge in [-0.2, -0.15) is 0 Å². The molecule has 0 amide bonds. The molecule has 0 unspecified atom stereocenters. The van der Waals surface area contributed by atoms with Crippen molar-refractivity contribution in [2.45, 2.75) is 13.8 Å². The third-order valence-electron chi connectivity index (χ3n) is 3.14. The number of carbonyl (C=O) groups excluding carboxylic acids is 1. The zero-order chi connectivity index (χ0) is 13.1. The number of benzene rings is 2. The van der Waals surface area contributed by atoms with E-state index in [1.54, 1.807) is 7.11 Å². The number of rotatable bonds is 3. The summed E-state index contributed by atoms with van der Waals surface area (Å²) in [6, 6.07) is 12.0. The molecule has 2 rings (SSSR count). The van der Waals surface area contributed by atoms with Gasteiger partial charge in [0.15, 0.2) is 6.29 Å². The van der Waals surface area contributed by atoms with E-state index >= 15 is 0 Å². The van der Waals surface area contributed by atoms with Crippen LogP contribution in [0.3, 0.4) is 0 Å². The van der Waals surface area contributed by atoms with Gasteiger partial charge in [0.1, 0.15) is 5.75 Å². The van der Waals surface area contributed by atoms with Gasteiger partial charge >= 0.3 is 0 Å². The van der Waals surface area contributed by atoms with Crippen LogP contribution in [-0.4, -0.2) is 13.4 Å². The molecule has 0 saturated heterocycles. The molecule has 0 aliphatic rings. The quantitative estimate of drug-likeness (QED) is 0.763. The topological polar surface area (TPSA) is 26.3 Å². The smallest absolute Gasteiger partial charge is 0.153 e. The number of methoxy groups -OCH3 is 1. The monoisotopic (exact) mass is 240 g/mol. The van der Waals surface area contributed by atoms with Gasteiger partial charge in [0.25, 0.3) is 0 Å². The summed E-state index contributed by atoms with van der Waals surface area (Å²) >= 11 is 0. The standard InChI is InChI=1S/C16H16O2/c1-11-9-14(10-17)16(18-3)12(2)15(11)13-7-5-4-6-8-13/h4-10H,1-3H3. The van der Waals surface area contributed by atoms with Crippen molar-refractivity contribution >= 4 is 6.29 Å². The van der Waals surface area contributed by atoms with Crippen LogP contribution in [-0.2, 0) is 0 Å². The molecule has 0 saturated carbocycles. The molecule has 18 heavy (non-hydrogen) atoms. The highest BCUT2D eigenvalue weighted by molar-refractivity contribution is 5.85. The molecule has 2 aromatic rings. The first kappa shape index (κ1) is 12.4. The summed E-state index contributed by atoms with van der Waals surface area (Å²) in [7, 11) is 1.60. The summed E-state index contributed by atoms with van der Waals surface area (Å²) < 4.78 is 5.35. The molecule has 0 aromatic heterocycles. The predicted octanol–water partition coefficient (Wildman–Crippen LogP) is 3.79. The van der Waals surface area contributed by atoms with E-state index in [0.717, 1.165) is 28.5 Å². The Morgan fingerprint density at radius 2 is 1.78 bits per heavy atom. The Bertz CT molecular complexity index is 571. The van der Waals surface area contributed by atoms with E-state index in [2.05, 4.69) is 12.1 Å². The second kappa shape index (κ2) is 5.05. The molecule has 0 aliphatic heterocycles. The molecule has 0 N–H and O–H groups in total. The minimum atomic E-state index is 0.604. The van der Waals surface area contributed by atoms with Crippen molar-refractivity contribution in [3.05, 3.63) is 53.1 Å². The van der Waals surface area contributed by atoms with Crippen LogP contribution in [0.25, 0.3) is 11.1 Å². The highest BCUT2D eigenvalue weighted by atomic mass is 16.5. The molecule has 2 heteroatoms. The van der Waals surface area contributed by atoms with Crippen molar-refractivity contribution in [1.82, 2.24) is 0 Å². The molecule has 2 aromatic carbocycles. The Kier molecular flexibility index (Phi) is 3.47. The van der Waals surface area contributed by atoms with Crippen molar-refractivity contribution in [1.29, 1.82) is 0 Å². The first-order chi connectivity index (χ1) is 8.69. The number of hydrogen-bond acceptors (Lipinski definition) is 2. The second-order valence-electron chi connectivity index (χ2n) is 4.30. The fourth-order valence-corrected chi connectivity index (χ4v) is 2.40. The van der Waals surface area contributed by atoms with Gasteiger partial charge in [0.2, 0.25) is 0 Å². The minimum Gasteiger partial charge on any atom is -0.496 e. The van der Waals surface area contributed by atoms with Gasteiger partial charge in [0.05, 0.1) is 12.7 Å². The molecule has 2 nitrogen and oxygen atoms in total. The molecular weight excluding hydrogens is 224 g/mol. The molecular formula is C16H16O2. The van der Waals surface area contributed by atoms with Gasteiger partial charge in [0, 0.05) is 0 Å². The van der Waals surface area contributed by atoms with Crippen LogP contribution >= 0.6 is 0 Å². The molecule has 0 fully saturated rings. The Morgan fingerprint density at radius 3 is 2.33 bits per heavy atom. The Labute approximate surface area is 107 Å². The van der Waals surface area contributed by atoms with Crippen molar-refractivity contribution in [2.75, 3.05) is 7.11 Å². The van der Waals surface area contributed by atoms with Gasteiger partial charge in [-0.05, 0) is 42.2 Å². The normalized spacial score (nSPS) is 10.2. The lowest BCUT2D eigenvalue weighted by atomic mass is 9.93. The number of hydrogen-bond donors (Lipinski definition) is 0. The molecule has 0 aliphatic carbocycles. The summed E-state index contributed by atoms with van der Waals surface area (Å²) in [6.07, 6.45) is 0.841. The van der Waals surface area contributed by atoms with Crippen LogP contribution in [0.1, 0.15) is 21.5 Å². The lowest BCUT2D eigenvalue weighted by molar-refractivity contribution is 0.112. The fourth-order valence-electron chi connectivity index (χ4n) is 2.40. The van der Waals surface area contributed by atoms with E-state index in [0.29, 0.717) is 11.3 Å². The number of ether oxygens (including phenoxy) is 1. The molecule has 0 bridgehead atoms. The van der Waals surface area contributed by atoms with Crippen LogP contribution in [0.5, 0.6) is 5.75 Å². The summed E-state index contributed by atoms with van der Waals surface area (Å²) in [5.41, 5.74) is 4.97. The van der Waals surface area contributed by atoms with E-state index in [4.69, 9.17) is 4.74 Å². The molecule has 0 heterocycles. The predicted molar refractivity (Wildman–Crippen MR) is 73.3 cm³/mol. The van der Waals surface area contributed by atoms with Crippen LogP contribution in [0.2, 0.25) is 0 Å². The number of aryl methyl sites for hydroxylation is 1. The first-order valence-electron chi connectivity index (χ1n) is 5.87. The Hall–Kier alpha value is -2.09. The van der Waals surface area contributed by atoms with Crippen molar-refractivity contribution in [2.24, 2.45) is 0 Å². The van der Waals surface area contributed by atoms with E-state index < -0.39 is 0 Å². The maximum Gasteiger partial charge on any atom is 0.153 e. The molecule has 0 radical (unpaired) electrons. The van der Waals surface area contributed by atoms with Gasteiger partial charge in [-0.3, -0.25) is 4.79 Å². The maximum absolute atomic E-state index is 11.1. The third kappa shape index (κ3) is 2.02. The van der Waals surface area contributed by atoms with Gasteiger partial charge < -0.3 is 4.74 Å². The second-order valence-corrected chi connectivity index (χ2v) is 4.30. The van der Waals surface area contributed by atoms with Crippen molar-refractivity contribution < 1.29 is 9.53 Å². The average Bonchev–Trinajstić information content (AvgIpc) is 2.39. The van der Waals surface area contributed by atoms with Crippen molar-refractivity contribution in [3.63, 3.8) is 0 Å². The molecule has 92 valence electrons. The van der Waals surface area contributed by atoms with E-state index in [-0.39, 0.29) is 0 Å². The maximum atomic E-state index is 11.1. The number of aldehydes is 1. The van der Waals surface area contributed by atoms with E-state index in [1.165, 1.54) is 0 Å². The van der Waals surface area contributed by atoms with Crippen molar-refractivity contribution in [3.8, 4) is 16.9 Å². The highest BCUT2D eigenvalue weighted by Gasteiger charge is 2.14. The SMILES string of the molecule is COc1c(C=O)cc(C)c(-c2ccccc2)c1C. The number of carbonyl (C=O) groups is 1. The van der Waals surface area contributed by atoms with E-state index in [1.807, 2.05) is 38.1 Å². The van der Waals surface area contributed by atoms with Gasteiger partial charge in [-0.15, -0.1) is 0 Å². The molecule has 0 spiro atoms. The summed E-state index contributed by atoms with van der Waals surface area (Å²) in [6.45, 7) is 4.00. The zero-order valence-electron chi connectivity index (χ0n) is 10.9. The molecule has 0 atom stereocenters. The summed E-state index contributed by atoms with van der Waals surface area (Å²) in [5.74, 6) is 0.662. The van der Waals surface area contributed by atoms with Crippen LogP contribution in [0.4, 0.5) is 0 Å².